The number of piperidine rings is 1. The van der Waals surface area contributed by atoms with Crippen molar-refractivity contribution >= 4 is 5.91 Å². The zero-order valence-electron chi connectivity index (χ0n) is 12.4. The number of H-pyrrole nitrogens is 1. The van der Waals surface area contributed by atoms with Crippen molar-refractivity contribution in [2.24, 2.45) is 5.92 Å². The Bertz CT molecular complexity index is 666. The molecule has 3 atom stereocenters. The summed E-state index contributed by atoms with van der Waals surface area (Å²) in [6.07, 6.45) is 4.89. The van der Waals surface area contributed by atoms with Gasteiger partial charge in [0.2, 0.25) is 0 Å². The van der Waals surface area contributed by atoms with Crippen LogP contribution in [0.25, 0.3) is 0 Å². The van der Waals surface area contributed by atoms with Gasteiger partial charge in [-0.05, 0) is 31.7 Å². The number of rotatable bonds is 2. The molecule has 0 aromatic carbocycles. The average Bonchev–Trinajstić information content (AvgIpc) is 3.25. The first-order valence-corrected chi connectivity index (χ1v) is 7.56. The van der Waals surface area contributed by atoms with Gasteiger partial charge in [-0.15, -0.1) is 0 Å². The van der Waals surface area contributed by atoms with E-state index in [0.29, 0.717) is 18.0 Å². The number of aromatic nitrogens is 3. The van der Waals surface area contributed by atoms with Crippen LogP contribution in [0.5, 0.6) is 0 Å². The molecule has 2 aromatic heterocycles. The zero-order chi connectivity index (χ0) is 15.1. The second kappa shape index (κ2) is 5.24. The first-order chi connectivity index (χ1) is 10.7. The average molecular weight is 302 g/mol. The highest BCUT2D eigenvalue weighted by molar-refractivity contribution is 5.93. The third-order valence-electron chi connectivity index (χ3n) is 4.51. The van der Waals surface area contributed by atoms with Crippen LogP contribution < -0.4 is 0 Å². The van der Waals surface area contributed by atoms with Crippen LogP contribution in [0.4, 0.5) is 0 Å². The highest BCUT2D eigenvalue weighted by Crippen LogP contribution is 2.40. The van der Waals surface area contributed by atoms with Crippen molar-refractivity contribution in [3.63, 3.8) is 0 Å². The third-order valence-corrected chi connectivity index (χ3v) is 4.51. The van der Waals surface area contributed by atoms with E-state index < -0.39 is 0 Å². The predicted octanol–water partition coefficient (Wildman–Crippen LogP) is 1.70. The molecule has 7 heteroatoms. The molecule has 4 rings (SSSR count). The van der Waals surface area contributed by atoms with E-state index in [-0.39, 0.29) is 18.1 Å². The molecule has 2 saturated heterocycles. The molecule has 0 aliphatic carbocycles. The van der Waals surface area contributed by atoms with E-state index in [9.17, 15) is 4.79 Å². The van der Waals surface area contributed by atoms with Gasteiger partial charge in [-0.1, -0.05) is 0 Å². The van der Waals surface area contributed by atoms with Crippen LogP contribution in [0.2, 0.25) is 0 Å². The fourth-order valence-corrected chi connectivity index (χ4v) is 3.35. The number of aryl methyl sites for hydroxylation is 1. The molecule has 4 heterocycles. The van der Waals surface area contributed by atoms with Crippen LogP contribution in [-0.4, -0.2) is 45.2 Å². The Balaban J connectivity index is 1.44. The van der Waals surface area contributed by atoms with E-state index in [1.54, 1.807) is 6.07 Å². The minimum Gasteiger partial charge on any atom is -0.472 e. The summed E-state index contributed by atoms with van der Waals surface area (Å²) in [6.45, 7) is 3.26. The molecule has 2 aliphatic heterocycles. The van der Waals surface area contributed by atoms with Gasteiger partial charge in [0.1, 0.15) is 18.2 Å². The highest BCUT2D eigenvalue weighted by Gasteiger charge is 2.42. The maximum absolute atomic E-state index is 12.4. The number of fused-ring (bicyclic) bond motifs is 1. The van der Waals surface area contributed by atoms with E-state index in [2.05, 4.69) is 15.2 Å². The Labute approximate surface area is 127 Å². The SMILES string of the molecule is Cc1nc([C@@H]2C[C@H]3CCN(C(=O)c4ccoc4)C[C@@H]3O2)n[nH]1. The third kappa shape index (κ3) is 2.31. The quantitative estimate of drug-likeness (QED) is 0.912. The lowest BCUT2D eigenvalue weighted by Crippen LogP contribution is -2.45. The lowest BCUT2D eigenvalue weighted by molar-refractivity contribution is -0.00684. The Morgan fingerprint density at radius 2 is 2.41 bits per heavy atom. The van der Waals surface area contributed by atoms with Crippen LogP contribution >= 0.6 is 0 Å². The van der Waals surface area contributed by atoms with Crippen LogP contribution in [0.3, 0.4) is 0 Å². The lowest BCUT2D eigenvalue weighted by Gasteiger charge is -2.33. The van der Waals surface area contributed by atoms with Crippen LogP contribution in [0.15, 0.2) is 23.0 Å². The molecular formula is C15H18N4O3. The number of hydrogen-bond donors (Lipinski definition) is 1. The van der Waals surface area contributed by atoms with Gasteiger partial charge in [-0.25, -0.2) is 4.98 Å². The molecular weight excluding hydrogens is 284 g/mol. The van der Waals surface area contributed by atoms with E-state index in [0.717, 1.165) is 31.0 Å². The maximum Gasteiger partial charge on any atom is 0.257 e. The van der Waals surface area contributed by atoms with E-state index in [1.165, 1.54) is 12.5 Å². The van der Waals surface area contributed by atoms with Gasteiger partial charge < -0.3 is 14.1 Å². The highest BCUT2D eigenvalue weighted by atomic mass is 16.5. The van der Waals surface area contributed by atoms with Crippen molar-refractivity contribution in [3.8, 4) is 0 Å². The maximum atomic E-state index is 12.4. The fraction of sp³-hybridized carbons (Fsp3) is 0.533. The summed E-state index contributed by atoms with van der Waals surface area (Å²) in [5.74, 6) is 2.00. The van der Waals surface area contributed by atoms with E-state index in [1.807, 2.05) is 11.8 Å². The van der Waals surface area contributed by atoms with Gasteiger partial charge >= 0.3 is 0 Å². The smallest absolute Gasteiger partial charge is 0.257 e. The van der Waals surface area contributed by atoms with Gasteiger partial charge in [0.15, 0.2) is 5.82 Å². The molecule has 7 nitrogen and oxygen atoms in total. The molecule has 2 aromatic rings. The zero-order valence-corrected chi connectivity index (χ0v) is 12.4. The number of likely N-dealkylation sites (tertiary alicyclic amines) is 1. The Hall–Kier alpha value is -2.15. The number of furan rings is 1. The summed E-state index contributed by atoms with van der Waals surface area (Å²) in [6, 6.07) is 1.70. The fourth-order valence-electron chi connectivity index (χ4n) is 3.35. The molecule has 1 N–H and O–H groups in total. The van der Waals surface area contributed by atoms with Crippen LogP contribution in [0.1, 0.15) is 41.0 Å². The molecule has 116 valence electrons. The summed E-state index contributed by atoms with van der Waals surface area (Å²) in [7, 11) is 0. The molecule has 0 radical (unpaired) electrons. The van der Waals surface area contributed by atoms with Gasteiger partial charge in [0.05, 0.1) is 17.9 Å². The number of amides is 1. The largest absolute Gasteiger partial charge is 0.472 e. The van der Waals surface area contributed by atoms with Gasteiger partial charge in [0.25, 0.3) is 5.91 Å². The summed E-state index contributed by atoms with van der Waals surface area (Å²) in [4.78, 5) is 18.6. The van der Waals surface area contributed by atoms with Crippen LogP contribution in [0, 0.1) is 12.8 Å². The minimum absolute atomic E-state index is 0.00740. The summed E-state index contributed by atoms with van der Waals surface area (Å²) in [5.41, 5.74) is 0.595. The molecule has 0 unspecified atom stereocenters. The van der Waals surface area contributed by atoms with Crippen LogP contribution in [-0.2, 0) is 4.74 Å². The van der Waals surface area contributed by atoms with Gasteiger partial charge in [-0.3, -0.25) is 9.89 Å². The number of carbonyl (C=O) groups is 1. The number of nitrogens with one attached hydrogen (secondary N) is 1. The van der Waals surface area contributed by atoms with Crippen molar-refractivity contribution in [2.75, 3.05) is 13.1 Å². The van der Waals surface area contributed by atoms with Crippen molar-refractivity contribution in [2.45, 2.75) is 32.0 Å². The Morgan fingerprint density at radius 3 is 3.14 bits per heavy atom. The van der Waals surface area contributed by atoms with Crippen molar-refractivity contribution in [1.29, 1.82) is 0 Å². The Morgan fingerprint density at radius 1 is 1.50 bits per heavy atom. The number of ether oxygens (including phenoxy) is 1. The minimum atomic E-state index is -0.0658. The first-order valence-electron chi connectivity index (χ1n) is 7.56. The number of hydrogen-bond acceptors (Lipinski definition) is 5. The van der Waals surface area contributed by atoms with E-state index in [4.69, 9.17) is 9.15 Å². The Kier molecular flexibility index (Phi) is 3.22. The van der Waals surface area contributed by atoms with Crippen molar-refractivity contribution in [3.05, 3.63) is 35.8 Å². The predicted molar refractivity (Wildman–Crippen MR) is 76.1 cm³/mol. The molecule has 0 bridgehead atoms. The van der Waals surface area contributed by atoms with Gasteiger partial charge in [0, 0.05) is 13.1 Å². The second-order valence-electron chi connectivity index (χ2n) is 5.99. The standard InChI is InChI=1S/C15H18N4O3/c1-9-16-14(18-17-9)12-6-10-2-4-19(7-13(10)22-12)15(20)11-3-5-21-8-11/h3,5,8,10,12-13H,2,4,6-7H2,1H3,(H,16,17,18)/t10-,12+,13+/m1/s1. The molecule has 2 aliphatic rings. The number of nitrogens with zero attached hydrogens (tertiary/aromatic N) is 3. The summed E-state index contributed by atoms with van der Waals surface area (Å²) < 4.78 is 11.1. The molecule has 22 heavy (non-hydrogen) atoms. The number of carbonyl (C=O) groups excluding carboxylic acids is 1. The second-order valence-corrected chi connectivity index (χ2v) is 5.99. The topological polar surface area (TPSA) is 84.2 Å². The molecule has 2 fully saturated rings. The van der Waals surface area contributed by atoms with Gasteiger partial charge in [-0.2, -0.15) is 5.10 Å². The number of aromatic amines is 1. The van der Waals surface area contributed by atoms with Crippen molar-refractivity contribution < 1.29 is 13.9 Å². The monoisotopic (exact) mass is 302 g/mol. The molecule has 1 amide bonds. The van der Waals surface area contributed by atoms with Crippen molar-refractivity contribution in [1.82, 2.24) is 20.1 Å². The lowest BCUT2D eigenvalue weighted by atomic mass is 9.91. The molecule has 0 saturated carbocycles. The normalized spacial score (nSPS) is 27.9. The molecule has 0 spiro atoms. The van der Waals surface area contributed by atoms with E-state index >= 15 is 0 Å². The first kappa shape index (κ1) is 13.5. The summed E-state index contributed by atoms with van der Waals surface area (Å²) >= 11 is 0. The summed E-state index contributed by atoms with van der Waals surface area (Å²) in [5, 5.41) is 7.05.